The van der Waals surface area contributed by atoms with E-state index in [4.69, 9.17) is 4.74 Å². The van der Waals surface area contributed by atoms with Crippen molar-refractivity contribution in [2.24, 2.45) is 0 Å². The Hall–Kier alpha value is -4.68. The highest BCUT2D eigenvalue weighted by Gasteiger charge is 2.28. The van der Waals surface area contributed by atoms with Gasteiger partial charge in [0.2, 0.25) is 5.91 Å². The molecule has 8 nitrogen and oxygen atoms in total. The van der Waals surface area contributed by atoms with Crippen LogP contribution in [-0.4, -0.2) is 29.0 Å². The van der Waals surface area contributed by atoms with Crippen molar-refractivity contribution in [2.45, 2.75) is 39.2 Å². The van der Waals surface area contributed by atoms with Crippen molar-refractivity contribution in [1.82, 2.24) is 4.57 Å². The molecule has 1 aliphatic carbocycles. The molecule has 2 N–H and O–H groups in total. The summed E-state index contributed by atoms with van der Waals surface area (Å²) in [5.41, 5.74) is 3.34. The first-order valence-corrected chi connectivity index (χ1v) is 14.0. The van der Waals surface area contributed by atoms with Crippen molar-refractivity contribution in [1.29, 1.82) is 5.26 Å². The predicted octanol–water partition coefficient (Wildman–Crippen LogP) is 5.94. The van der Waals surface area contributed by atoms with E-state index < -0.39 is 11.9 Å². The summed E-state index contributed by atoms with van der Waals surface area (Å²) in [5, 5.41) is 16.8. The maximum atomic E-state index is 13.3. The smallest absolute Gasteiger partial charge is 0.341 e. The minimum Gasteiger partial charge on any atom is -0.462 e. The zero-order valence-electron chi connectivity index (χ0n) is 22.0. The SMILES string of the molecule is CCOC(=O)c1c(NC(=O)/C(C#N)=C/c2cn(CC(=O)Nc3ccccc3)c3ccccc23)sc2c1CCCC2. The van der Waals surface area contributed by atoms with Gasteiger partial charge in [0.05, 0.1) is 12.2 Å². The van der Waals surface area contributed by atoms with Gasteiger partial charge in [0.1, 0.15) is 23.2 Å². The van der Waals surface area contributed by atoms with Gasteiger partial charge < -0.3 is 19.9 Å². The number of aryl methyl sites for hydroxylation is 1. The maximum Gasteiger partial charge on any atom is 0.341 e. The van der Waals surface area contributed by atoms with Crippen molar-refractivity contribution >= 4 is 56.8 Å². The number of carbonyl (C=O) groups excluding carboxylic acids is 3. The fourth-order valence-corrected chi connectivity index (χ4v) is 6.22. The number of hydrogen-bond donors (Lipinski definition) is 2. The molecule has 0 saturated heterocycles. The molecule has 0 aliphatic heterocycles. The summed E-state index contributed by atoms with van der Waals surface area (Å²) in [6.07, 6.45) is 6.88. The molecular weight excluding hydrogens is 524 g/mol. The van der Waals surface area contributed by atoms with Crippen LogP contribution in [0.15, 0.2) is 66.4 Å². The zero-order chi connectivity index (χ0) is 28.1. The monoisotopic (exact) mass is 552 g/mol. The third-order valence-corrected chi connectivity index (χ3v) is 7.94. The first-order chi connectivity index (χ1) is 19.5. The Morgan fingerprint density at radius 3 is 2.58 bits per heavy atom. The predicted molar refractivity (Wildman–Crippen MR) is 156 cm³/mol. The number of amides is 2. The van der Waals surface area contributed by atoms with Gasteiger partial charge in [0.25, 0.3) is 5.91 Å². The second-order valence-corrected chi connectivity index (χ2v) is 10.5. The van der Waals surface area contributed by atoms with E-state index in [1.807, 2.05) is 60.7 Å². The van der Waals surface area contributed by atoms with Crippen molar-refractivity contribution in [3.05, 3.63) is 87.9 Å². The standard InChI is InChI=1S/C31H28N4O4S/c1-2-39-31(38)28-24-13-7-9-15-26(24)40-30(28)34-29(37)20(17-32)16-21-18-35(25-14-8-6-12-23(21)25)19-27(36)33-22-10-4-3-5-11-22/h3-6,8,10-12,14,16,18H,2,7,9,13,15,19H2,1H3,(H,33,36)(H,34,37)/b20-16+. The number of anilines is 2. The molecule has 0 unspecified atom stereocenters. The molecule has 40 heavy (non-hydrogen) atoms. The van der Waals surface area contributed by atoms with Crippen LogP contribution in [0.3, 0.4) is 0 Å². The third-order valence-electron chi connectivity index (χ3n) is 6.73. The molecule has 9 heteroatoms. The number of esters is 1. The number of thiophene rings is 1. The third kappa shape index (κ3) is 5.67. The molecule has 0 saturated carbocycles. The van der Waals surface area contributed by atoms with Crippen LogP contribution in [0.1, 0.15) is 46.1 Å². The maximum absolute atomic E-state index is 13.3. The number of rotatable bonds is 8. The Morgan fingerprint density at radius 1 is 1.05 bits per heavy atom. The Bertz CT molecular complexity index is 1660. The largest absolute Gasteiger partial charge is 0.462 e. The summed E-state index contributed by atoms with van der Waals surface area (Å²) in [7, 11) is 0. The summed E-state index contributed by atoms with van der Waals surface area (Å²) in [4.78, 5) is 39.9. The van der Waals surface area contributed by atoms with Crippen LogP contribution >= 0.6 is 11.3 Å². The Balaban J connectivity index is 1.42. The summed E-state index contributed by atoms with van der Waals surface area (Å²) in [6.45, 7) is 2.03. The highest BCUT2D eigenvalue weighted by atomic mass is 32.1. The number of nitrogens with one attached hydrogen (secondary N) is 2. The molecule has 0 fully saturated rings. The molecule has 0 bridgehead atoms. The molecule has 2 heterocycles. The molecule has 1 aliphatic rings. The highest BCUT2D eigenvalue weighted by molar-refractivity contribution is 7.17. The van der Waals surface area contributed by atoms with Gasteiger partial charge in [0.15, 0.2) is 0 Å². The molecule has 202 valence electrons. The molecular formula is C31H28N4O4S. The van der Waals surface area contributed by atoms with E-state index in [0.29, 0.717) is 21.8 Å². The van der Waals surface area contributed by atoms with Crippen LogP contribution in [-0.2, 0) is 33.7 Å². The van der Waals surface area contributed by atoms with Gasteiger partial charge in [0, 0.05) is 33.2 Å². The van der Waals surface area contributed by atoms with Crippen molar-refractivity contribution < 1.29 is 19.1 Å². The number of nitrogens with zero attached hydrogens (tertiary/aromatic N) is 2. The lowest BCUT2D eigenvalue weighted by Gasteiger charge is -2.12. The number of ether oxygens (including phenoxy) is 1. The van der Waals surface area contributed by atoms with Gasteiger partial charge in [-0.3, -0.25) is 9.59 Å². The molecule has 0 atom stereocenters. The van der Waals surface area contributed by atoms with E-state index in [1.54, 1.807) is 17.7 Å². The van der Waals surface area contributed by atoms with E-state index >= 15 is 0 Å². The summed E-state index contributed by atoms with van der Waals surface area (Å²) >= 11 is 1.37. The lowest BCUT2D eigenvalue weighted by Crippen LogP contribution is -2.18. The molecule has 0 radical (unpaired) electrons. The van der Waals surface area contributed by atoms with E-state index in [9.17, 15) is 19.6 Å². The summed E-state index contributed by atoms with van der Waals surface area (Å²) in [6, 6.07) is 18.7. The average molecular weight is 553 g/mol. The van der Waals surface area contributed by atoms with Gasteiger partial charge in [-0.05, 0) is 62.4 Å². The quantitative estimate of drug-likeness (QED) is 0.160. The molecule has 5 rings (SSSR count). The Labute approximate surface area is 235 Å². The number of benzene rings is 2. The molecule has 2 aromatic heterocycles. The second kappa shape index (κ2) is 12.0. The van der Waals surface area contributed by atoms with Crippen LogP contribution in [0.25, 0.3) is 17.0 Å². The van der Waals surface area contributed by atoms with E-state index in [1.165, 1.54) is 17.4 Å². The average Bonchev–Trinajstić information content (AvgIpc) is 3.49. The van der Waals surface area contributed by atoms with Gasteiger partial charge >= 0.3 is 5.97 Å². The fraction of sp³-hybridized carbons (Fsp3) is 0.226. The number of fused-ring (bicyclic) bond motifs is 2. The molecule has 0 spiro atoms. The fourth-order valence-electron chi connectivity index (χ4n) is 4.95. The number of para-hydroxylation sites is 2. The van der Waals surface area contributed by atoms with E-state index in [2.05, 4.69) is 10.6 Å². The van der Waals surface area contributed by atoms with Gasteiger partial charge in [-0.2, -0.15) is 5.26 Å². The first kappa shape index (κ1) is 26.9. The van der Waals surface area contributed by atoms with Crippen molar-refractivity contribution in [3.63, 3.8) is 0 Å². The zero-order valence-corrected chi connectivity index (χ0v) is 22.8. The van der Waals surface area contributed by atoms with E-state index in [0.717, 1.165) is 47.0 Å². The van der Waals surface area contributed by atoms with E-state index in [-0.39, 0.29) is 24.6 Å². The molecule has 2 aromatic carbocycles. The molecule has 2 amide bonds. The lowest BCUT2D eigenvalue weighted by atomic mass is 9.95. The number of aromatic nitrogens is 1. The Kier molecular flexibility index (Phi) is 8.08. The topological polar surface area (TPSA) is 113 Å². The van der Waals surface area contributed by atoms with Crippen LogP contribution in [0.4, 0.5) is 10.7 Å². The minimum absolute atomic E-state index is 0.0565. The lowest BCUT2D eigenvalue weighted by molar-refractivity contribution is -0.116. The van der Waals surface area contributed by atoms with Gasteiger partial charge in [-0.1, -0.05) is 36.4 Å². The van der Waals surface area contributed by atoms with Crippen LogP contribution in [0.5, 0.6) is 0 Å². The minimum atomic E-state index is -0.606. The molecule has 4 aromatic rings. The first-order valence-electron chi connectivity index (χ1n) is 13.2. The highest BCUT2D eigenvalue weighted by Crippen LogP contribution is 2.39. The van der Waals surface area contributed by atoms with Crippen molar-refractivity contribution in [3.8, 4) is 6.07 Å². The van der Waals surface area contributed by atoms with Crippen LogP contribution in [0, 0.1) is 11.3 Å². The second-order valence-electron chi connectivity index (χ2n) is 9.40. The normalized spacial score (nSPS) is 12.8. The number of nitriles is 1. The van der Waals surface area contributed by atoms with Crippen molar-refractivity contribution in [2.75, 3.05) is 17.2 Å². The van der Waals surface area contributed by atoms with Crippen LogP contribution < -0.4 is 10.6 Å². The summed E-state index contributed by atoms with van der Waals surface area (Å²) < 4.78 is 7.07. The number of carbonyl (C=O) groups is 3. The van der Waals surface area contributed by atoms with Crippen LogP contribution in [0.2, 0.25) is 0 Å². The van der Waals surface area contributed by atoms with Gasteiger partial charge in [-0.15, -0.1) is 11.3 Å². The Morgan fingerprint density at radius 2 is 1.80 bits per heavy atom. The number of hydrogen-bond acceptors (Lipinski definition) is 6. The van der Waals surface area contributed by atoms with Gasteiger partial charge in [-0.25, -0.2) is 4.79 Å². The summed E-state index contributed by atoms with van der Waals surface area (Å²) in [5.74, 6) is -1.27.